The predicted molar refractivity (Wildman–Crippen MR) is 128 cm³/mol. The molecule has 0 aromatic rings. The molecule has 0 spiro atoms. The molecule has 6 nitrogen and oxygen atoms in total. The van der Waals surface area contributed by atoms with Crippen molar-refractivity contribution >= 4 is 35.8 Å². The monoisotopic (exact) mass is 507 g/mol. The van der Waals surface area contributed by atoms with Crippen LogP contribution in [0.4, 0.5) is 0 Å². The summed E-state index contributed by atoms with van der Waals surface area (Å²) < 4.78 is 0. The molecule has 2 fully saturated rings. The first-order chi connectivity index (χ1) is 13.0. The van der Waals surface area contributed by atoms with Gasteiger partial charge in [0, 0.05) is 33.1 Å². The van der Waals surface area contributed by atoms with E-state index in [1.807, 2.05) is 7.05 Å². The van der Waals surface area contributed by atoms with Crippen LogP contribution in [-0.4, -0.2) is 68.5 Å². The van der Waals surface area contributed by atoms with Gasteiger partial charge in [-0.05, 0) is 70.0 Å². The third kappa shape index (κ3) is 8.84. The quantitative estimate of drug-likeness (QED) is 0.229. The Morgan fingerprint density at radius 2 is 1.79 bits per heavy atom. The smallest absolute Gasteiger partial charge is 0.220 e. The Morgan fingerprint density at radius 3 is 2.36 bits per heavy atom. The Hall–Kier alpha value is -0.570. The van der Waals surface area contributed by atoms with Crippen LogP contribution in [0.15, 0.2) is 4.99 Å². The third-order valence-corrected chi connectivity index (χ3v) is 6.42. The van der Waals surface area contributed by atoms with E-state index in [0.29, 0.717) is 0 Å². The summed E-state index contributed by atoms with van der Waals surface area (Å²) in [5.41, 5.74) is 5.40. The maximum Gasteiger partial charge on any atom is 0.220 e. The van der Waals surface area contributed by atoms with Gasteiger partial charge >= 0.3 is 0 Å². The number of amides is 1. The van der Waals surface area contributed by atoms with Crippen LogP contribution in [0.1, 0.15) is 58.3 Å². The van der Waals surface area contributed by atoms with Crippen LogP contribution in [0.2, 0.25) is 0 Å². The summed E-state index contributed by atoms with van der Waals surface area (Å²) in [7, 11) is 4.04. The first kappa shape index (κ1) is 25.5. The maximum atomic E-state index is 11.2. The van der Waals surface area contributed by atoms with E-state index in [1.165, 1.54) is 32.1 Å². The number of nitrogens with zero attached hydrogens (tertiary/aromatic N) is 3. The number of nitrogens with one attached hydrogen (secondary N) is 1. The summed E-state index contributed by atoms with van der Waals surface area (Å²) in [5.74, 6) is 2.71. The molecule has 1 aliphatic carbocycles. The van der Waals surface area contributed by atoms with Crippen LogP contribution in [0, 0.1) is 17.8 Å². The molecular formula is C21H42IN5O. The van der Waals surface area contributed by atoms with Crippen molar-refractivity contribution < 1.29 is 4.79 Å². The zero-order valence-electron chi connectivity index (χ0n) is 18.2. The van der Waals surface area contributed by atoms with Crippen molar-refractivity contribution in [3.8, 4) is 0 Å². The standard InChI is InChI=1S/C21H41N5O.HI/c1-17-6-8-18(9-7-17)16-25(3)21(23-2)24-12-4-5-13-26-14-10-19(11-15-26)20(22)27;/h17-19H,4-16H2,1-3H3,(H2,22,27)(H,23,24);1H. The molecule has 1 amide bonds. The number of likely N-dealkylation sites (tertiary alicyclic amines) is 1. The highest BCUT2D eigenvalue weighted by Gasteiger charge is 2.23. The van der Waals surface area contributed by atoms with Crippen LogP contribution in [-0.2, 0) is 4.79 Å². The van der Waals surface area contributed by atoms with Crippen LogP contribution in [0.3, 0.4) is 0 Å². The summed E-state index contributed by atoms with van der Waals surface area (Å²) in [4.78, 5) is 20.4. The fourth-order valence-corrected chi connectivity index (χ4v) is 4.47. The minimum absolute atomic E-state index is 0. The van der Waals surface area contributed by atoms with Gasteiger partial charge in [-0.3, -0.25) is 9.79 Å². The van der Waals surface area contributed by atoms with E-state index in [9.17, 15) is 4.79 Å². The molecule has 1 saturated carbocycles. The van der Waals surface area contributed by atoms with Crippen LogP contribution >= 0.6 is 24.0 Å². The maximum absolute atomic E-state index is 11.2. The highest BCUT2D eigenvalue weighted by Crippen LogP contribution is 2.28. The Labute approximate surface area is 189 Å². The lowest BCUT2D eigenvalue weighted by Crippen LogP contribution is -2.42. The van der Waals surface area contributed by atoms with Gasteiger partial charge in [-0.25, -0.2) is 0 Å². The Bertz CT molecular complexity index is 471. The molecule has 0 atom stereocenters. The minimum Gasteiger partial charge on any atom is -0.369 e. The number of aliphatic imine (C=N–C) groups is 1. The average molecular weight is 508 g/mol. The van der Waals surface area contributed by atoms with Crippen molar-refractivity contribution in [3.63, 3.8) is 0 Å². The van der Waals surface area contributed by atoms with E-state index in [4.69, 9.17) is 5.73 Å². The fraction of sp³-hybridized carbons (Fsp3) is 0.905. The Kier molecular flexibility index (Phi) is 12.4. The number of primary amides is 1. The molecule has 3 N–H and O–H groups in total. The fourth-order valence-electron chi connectivity index (χ4n) is 4.47. The van der Waals surface area contributed by atoms with Gasteiger partial charge in [0.25, 0.3) is 0 Å². The molecule has 0 radical (unpaired) electrons. The van der Waals surface area contributed by atoms with Crippen molar-refractivity contribution in [3.05, 3.63) is 0 Å². The number of halogens is 1. The van der Waals surface area contributed by atoms with E-state index in [1.54, 1.807) is 0 Å². The van der Waals surface area contributed by atoms with Gasteiger partial charge < -0.3 is 20.9 Å². The molecule has 2 rings (SSSR count). The molecule has 1 heterocycles. The average Bonchev–Trinajstić information content (AvgIpc) is 2.66. The molecule has 0 unspecified atom stereocenters. The summed E-state index contributed by atoms with van der Waals surface area (Å²) >= 11 is 0. The highest BCUT2D eigenvalue weighted by atomic mass is 127. The van der Waals surface area contributed by atoms with Gasteiger partial charge in [0.05, 0.1) is 0 Å². The first-order valence-corrected chi connectivity index (χ1v) is 10.9. The lowest BCUT2D eigenvalue weighted by Gasteiger charge is -2.31. The van der Waals surface area contributed by atoms with E-state index >= 15 is 0 Å². The van der Waals surface area contributed by atoms with Crippen molar-refractivity contribution in [1.29, 1.82) is 0 Å². The summed E-state index contributed by atoms with van der Waals surface area (Å²) in [5, 5.41) is 3.52. The van der Waals surface area contributed by atoms with Crippen molar-refractivity contribution in [2.45, 2.75) is 58.3 Å². The number of carbonyl (C=O) groups is 1. The number of guanidine groups is 1. The van der Waals surface area contributed by atoms with Gasteiger partial charge in [0.2, 0.25) is 5.91 Å². The molecule has 0 bridgehead atoms. The number of rotatable bonds is 8. The van der Waals surface area contributed by atoms with Gasteiger partial charge in [0.1, 0.15) is 0 Å². The van der Waals surface area contributed by atoms with Crippen molar-refractivity contribution in [2.75, 3.05) is 46.8 Å². The second-order valence-electron chi connectivity index (χ2n) is 8.71. The molecule has 2 aliphatic rings. The molecule has 28 heavy (non-hydrogen) atoms. The van der Waals surface area contributed by atoms with E-state index in [-0.39, 0.29) is 35.8 Å². The lowest BCUT2D eigenvalue weighted by atomic mass is 9.83. The zero-order chi connectivity index (χ0) is 19.6. The Morgan fingerprint density at radius 1 is 1.14 bits per heavy atom. The van der Waals surface area contributed by atoms with Crippen molar-refractivity contribution in [1.82, 2.24) is 15.1 Å². The zero-order valence-corrected chi connectivity index (χ0v) is 20.5. The topological polar surface area (TPSA) is 74.0 Å². The van der Waals surface area contributed by atoms with E-state index in [0.717, 1.165) is 69.8 Å². The molecule has 1 aliphatic heterocycles. The summed E-state index contributed by atoms with van der Waals surface area (Å²) in [6, 6.07) is 0. The predicted octanol–water partition coefficient (Wildman–Crippen LogP) is 2.92. The molecular weight excluding hydrogens is 465 g/mol. The third-order valence-electron chi connectivity index (χ3n) is 6.42. The number of nitrogens with two attached hydrogens (primary N) is 1. The van der Waals surface area contributed by atoms with Gasteiger partial charge in [0.15, 0.2) is 5.96 Å². The number of carbonyl (C=O) groups excluding carboxylic acids is 1. The van der Waals surface area contributed by atoms with Crippen LogP contribution in [0.5, 0.6) is 0 Å². The molecule has 164 valence electrons. The van der Waals surface area contributed by atoms with Gasteiger partial charge in [-0.2, -0.15) is 0 Å². The number of hydrogen-bond acceptors (Lipinski definition) is 3. The SMILES string of the molecule is CN=C(NCCCCN1CCC(C(N)=O)CC1)N(C)CC1CCC(C)CC1.I. The lowest BCUT2D eigenvalue weighted by molar-refractivity contribution is -0.123. The van der Waals surface area contributed by atoms with Gasteiger partial charge in [-0.1, -0.05) is 19.8 Å². The molecule has 0 aromatic carbocycles. The normalized spacial score (nSPS) is 24.5. The number of hydrogen-bond donors (Lipinski definition) is 2. The largest absolute Gasteiger partial charge is 0.369 e. The van der Waals surface area contributed by atoms with Gasteiger partial charge in [-0.15, -0.1) is 24.0 Å². The minimum atomic E-state index is -0.128. The summed E-state index contributed by atoms with van der Waals surface area (Å²) in [6.45, 7) is 7.58. The van der Waals surface area contributed by atoms with Crippen LogP contribution in [0.25, 0.3) is 0 Å². The molecule has 0 aromatic heterocycles. The second-order valence-corrected chi connectivity index (χ2v) is 8.71. The number of piperidine rings is 1. The van der Waals surface area contributed by atoms with Crippen molar-refractivity contribution in [2.24, 2.45) is 28.5 Å². The summed E-state index contributed by atoms with van der Waals surface area (Å²) in [6.07, 6.45) is 9.63. The first-order valence-electron chi connectivity index (χ1n) is 10.9. The van der Waals surface area contributed by atoms with E-state index < -0.39 is 0 Å². The van der Waals surface area contributed by atoms with Crippen LogP contribution < -0.4 is 11.1 Å². The Balaban J connectivity index is 0.00000392. The highest BCUT2D eigenvalue weighted by molar-refractivity contribution is 14.0. The second kappa shape index (κ2) is 13.6. The van der Waals surface area contributed by atoms with E-state index in [2.05, 4.69) is 34.1 Å². The molecule has 7 heteroatoms. The number of unbranched alkanes of at least 4 members (excludes halogenated alkanes) is 1. The molecule has 1 saturated heterocycles.